The molecule has 0 bridgehead atoms. The first kappa shape index (κ1) is 22.8. The number of carbonyl (C=O) groups excluding carboxylic acids is 2. The zero-order chi connectivity index (χ0) is 24.2. The van der Waals surface area contributed by atoms with Crippen LogP contribution in [0.3, 0.4) is 0 Å². The van der Waals surface area contributed by atoms with Crippen LogP contribution in [0, 0.1) is 5.92 Å². The summed E-state index contributed by atoms with van der Waals surface area (Å²) in [5.74, 6) is 0.260. The smallest absolute Gasteiger partial charge is 0.256 e. The SMILES string of the molecule is NC(=O)C1CCN(CCc2ccc(NC(=O)c3cc(-c4ccco4)nc4ccccc34)cc2)CC1. The normalized spacial score (nSPS) is 14.7. The lowest BCUT2D eigenvalue weighted by molar-refractivity contribution is -0.123. The molecule has 1 aliphatic heterocycles. The molecular weight excluding hydrogens is 440 g/mol. The van der Waals surface area contributed by atoms with Gasteiger partial charge in [-0.05, 0) is 74.3 Å². The van der Waals surface area contributed by atoms with Gasteiger partial charge >= 0.3 is 0 Å². The van der Waals surface area contributed by atoms with Gasteiger partial charge < -0.3 is 20.4 Å². The zero-order valence-electron chi connectivity index (χ0n) is 19.4. The number of pyridine rings is 1. The molecule has 2 aromatic carbocycles. The van der Waals surface area contributed by atoms with E-state index in [4.69, 9.17) is 10.2 Å². The number of amides is 2. The molecule has 1 aliphatic rings. The third-order valence-corrected chi connectivity index (χ3v) is 6.65. The van der Waals surface area contributed by atoms with Crippen molar-refractivity contribution in [3.63, 3.8) is 0 Å². The lowest BCUT2D eigenvalue weighted by Gasteiger charge is -2.30. The molecule has 5 rings (SSSR count). The van der Waals surface area contributed by atoms with Crippen molar-refractivity contribution in [3.05, 3.63) is 84.1 Å². The number of hydrogen-bond donors (Lipinski definition) is 2. The Labute approximate surface area is 203 Å². The maximum atomic E-state index is 13.2. The van der Waals surface area contributed by atoms with Gasteiger partial charge in [-0.25, -0.2) is 4.98 Å². The highest BCUT2D eigenvalue weighted by Crippen LogP contribution is 2.26. The largest absolute Gasteiger partial charge is 0.463 e. The maximum absolute atomic E-state index is 13.2. The highest BCUT2D eigenvalue weighted by atomic mass is 16.3. The number of carbonyl (C=O) groups is 2. The average molecular weight is 469 g/mol. The molecule has 0 aliphatic carbocycles. The Bertz CT molecular complexity index is 1320. The van der Waals surface area contributed by atoms with Crippen LogP contribution < -0.4 is 11.1 Å². The number of nitrogens with one attached hydrogen (secondary N) is 1. The Morgan fingerprint density at radius 1 is 1.03 bits per heavy atom. The topological polar surface area (TPSA) is 101 Å². The average Bonchev–Trinajstić information content (AvgIpc) is 3.43. The minimum atomic E-state index is -0.193. The molecule has 1 fully saturated rings. The van der Waals surface area contributed by atoms with E-state index in [1.54, 1.807) is 18.4 Å². The molecule has 0 atom stereocenters. The summed E-state index contributed by atoms with van der Waals surface area (Å²) in [7, 11) is 0. The monoisotopic (exact) mass is 468 g/mol. The molecule has 4 aromatic rings. The summed E-state index contributed by atoms with van der Waals surface area (Å²) in [6.45, 7) is 2.75. The molecule has 0 radical (unpaired) electrons. The van der Waals surface area contributed by atoms with E-state index in [1.165, 1.54) is 5.56 Å². The number of aromatic nitrogens is 1. The molecule has 0 spiro atoms. The summed E-state index contributed by atoms with van der Waals surface area (Å²) in [5, 5.41) is 3.81. The van der Waals surface area contributed by atoms with E-state index in [-0.39, 0.29) is 17.7 Å². The van der Waals surface area contributed by atoms with Gasteiger partial charge in [0.15, 0.2) is 5.76 Å². The highest BCUT2D eigenvalue weighted by molar-refractivity contribution is 6.13. The Kier molecular flexibility index (Phi) is 6.59. The molecule has 3 heterocycles. The second kappa shape index (κ2) is 10.1. The van der Waals surface area contributed by atoms with Gasteiger partial charge in [0.1, 0.15) is 5.69 Å². The van der Waals surface area contributed by atoms with Crippen LogP contribution in [0.15, 0.2) is 77.4 Å². The second-order valence-corrected chi connectivity index (χ2v) is 8.97. The third-order valence-electron chi connectivity index (χ3n) is 6.65. The summed E-state index contributed by atoms with van der Waals surface area (Å²) in [6.07, 6.45) is 4.19. The lowest BCUT2D eigenvalue weighted by atomic mass is 9.96. The highest BCUT2D eigenvalue weighted by Gasteiger charge is 2.22. The van der Waals surface area contributed by atoms with Crippen molar-refractivity contribution >= 4 is 28.4 Å². The molecule has 1 saturated heterocycles. The molecule has 0 saturated carbocycles. The Morgan fingerprint density at radius 3 is 2.51 bits per heavy atom. The Hall–Kier alpha value is -3.97. The number of anilines is 1. The summed E-state index contributed by atoms with van der Waals surface area (Å²) < 4.78 is 5.50. The summed E-state index contributed by atoms with van der Waals surface area (Å²) in [4.78, 5) is 31.6. The van der Waals surface area contributed by atoms with E-state index >= 15 is 0 Å². The van der Waals surface area contributed by atoms with E-state index in [9.17, 15) is 9.59 Å². The van der Waals surface area contributed by atoms with Gasteiger partial charge in [-0.2, -0.15) is 0 Å². The number of furan rings is 1. The van der Waals surface area contributed by atoms with Crippen molar-refractivity contribution in [1.82, 2.24) is 9.88 Å². The van der Waals surface area contributed by atoms with Gasteiger partial charge in [0.25, 0.3) is 5.91 Å². The van der Waals surface area contributed by atoms with Crippen LogP contribution >= 0.6 is 0 Å². The number of benzene rings is 2. The molecule has 2 aromatic heterocycles. The molecule has 0 unspecified atom stereocenters. The number of fused-ring (bicyclic) bond motifs is 1. The van der Waals surface area contributed by atoms with E-state index in [0.29, 0.717) is 17.0 Å². The second-order valence-electron chi connectivity index (χ2n) is 8.97. The fraction of sp³-hybridized carbons (Fsp3) is 0.250. The lowest BCUT2D eigenvalue weighted by Crippen LogP contribution is -2.39. The van der Waals surface area contributed by atoms with Gasteiger partial charge in [-0.15, -0.1) is 0 Å². The van der Waals surface area contributed by atoms with E-state index in [1.807, 2.05) is 54.6 Å². The van der Waals surface area contributed by atoms with Crippen LogP contribution in [0.25, 0.3) is 22.4 Å². The van der Waals surface area contributed by atoms with Crippen molar-refractivity contribution in [1.29, 1.82) is 0 Å². The summed E-state index contributed by atoms with van der Waals surface area (Å²) in [6, 6.07) is 21.0. The molecule has 7 heteroatoms. The summed E-state index contributed by atoms with van der Waals surface area (Å²) in [5.41, 5.74) is 9.27. The van der Waals surface area contributed by atoms with Gasteiger partial charge in [0.2, 0.25) is 5.91 Å². The number of para-hydroxylation sites is 1. The predicted octanol–water partition coefficient (Wildman–Crippen LogP) is 4.49. The van der Waals surface area contributed by atoms with Gasteiger partial charge in [0.05, 0.1) is 17.3 Å². The van der Waals surface area contributed by atoms with Crippen LogP contribution in [0.1, 0.15) is 28.8 Å². The summed E-state index contributed by atoms with van der Waals surface area (Å²) >= 11 is 0. The minimum Gasteiger partial charge on any atom is -0.463 e. The predicted molar refractivity (Wildman–Crippen MR) is 136 cm³/mol. The molecule has 2 amide bonds. The number of primary amides is 1. The van der Waals surface area contributed by atoms with Crippen LogP contribution in [0.5, 0.6) is 0 Å². The molecule has 35 heavy (non-hydrogen) atoms. The first-order valence-corrected chi connectivity index (χ1v) is 11.9. The zero-order valence-corrected chi connectivity index (χ0v) is 19.4. The first-order chi connectivity index (χ1) is 17.1. The molecular formula is C28H28N4O3. The van der Waals surface area contributed by atoms with Crippen molar-refractivity contribution < 1.29 is 14.0 Å². The van der Waals surface area contributed by atoms with Crippen LogP contribution in [0.4, 0.5) is 5.69 Å². The fourth-order valence-electron chi connectivity index (χ4n) is 4.60. The van der Waals surface area contributed by atoms with E-state index < -0.39 is 0 Å². The Morgan fingerprint density at radius 2 is 1.80 bits per heavy atom. The maximum Gasteiger partial charge on any atom is 0.256 e. The van der Waals surface area contributed by atoms with Crippen LogP contribution in [-0.4, -0.2) is 41.3 Å². The number of hydrogen-bond acceptors (Lipinski definition) is 5. The fourth-order valence-corrected chi connectivity index (χ4v) is 4.60. The molecule has 178 valence electrons. The van der Waals surface area contributed by atoms with E-state index in [2.05, 4.69) is 15.2 Å². The molecule has 7 nitrogen and oxygen atoms in total. The van der Waals surface area contributed by atoms with Crippen molar-refractivity contribution in [3.8, 4) is 11.5 Å². The standard InChI is InChI=1S/C28H28N4O3/c29-27(33)20-12-15-32(16-13-20)14-11-19-7-9-21(10-8-19)30-28(34)23-18-25(26-6-3-17-35-26)31-24-5-2-1-4-22(23)24/h1-10,17-18,20H,11-16H2,(H2,29,33)(H,30,34). The van der Waals surface area contributed by atoms with Crippen LogP contribution in [0.2, 0.25) is 0 Å². The number of piperidine rings is 1. The quantitative estimate of drug-likeness (QED) is 0.416. The third kappa shape index (κ3) is 5.25. The van der Waals surface area contributed by atoms with Crippen molar-refractivity contribution in [2.75, 3.05) is 25.0 Å². The van der Waals surface area contributed by atoms with Gasteiger partial charge in [-0.3, -0.25) is 9.59 Å². The van der Waals surface area contributed by atoms with Crippen molar-refractivity contribution in [2.45, 2.75) is 19.3 Å². The van der Waals surface area contributed by atoms with Gasteiger partial charge in [-0.1, -0.05) is 30.3 Å². The number of nitrogens with two attached hydrogens (primary N) is 1. The number of rotatable bonds is 7. The van der Waals surface area contributed by atoms with Crippen LogP contribution in [-0.2, 0) is 11.2 Å². The molecule has 3 N–H and O–H groups in total. The minimum absolute atomic E-state index is 0.0156. The Balaban J connectivity index is 1.25. The van der Waals surface area contributed by atoms with E-state index in [0.717, 1.165) is 55.5 Å². The first-order valence-electron chi connectivity index (χ1n) is 11.9. The van der Waals surface area contributed by atoms with Crippen molar-refractivity contribution in [2.24, 2.45) is 11.7 Å². The number of nitrogens with zero attached hydrogens (tertiary/aromatic N) is 2. The number of likely N-dealkylation sites (tertiary alicyclic amines) is 1. The van der Waals surface area contributed by atoms with Gasteiger partial charge in [0, 0.05) is 23.5 Å².